The number of hydrogen-bond acceptors (Lipinski definition) is 12. The first-order valence-corrected chi connectivity index (χ1v) is 20.1. The van der Waals surface area contributed by atoms with E-state index in [0.717, 1.165) is 12.8 Å². The highest BCUT2D eigenvalue weighted by Gasteiger charge is 2.15. The van der Waals surface area contributed by atoms with Gasteiger partial charge in [-0.25, -0.2) is 4.79 Å². The molecule has 0 saturated carbocycles. The highest BCUT2D eigenvalue weighted by Crippen LogP contribution is 2.13. The van der Waals surface area contributed by atoms with Crippen LogP contribution in [0.25, 0.3) is 0 Å². The fourth-order valence-corrected chi connectivity index (χ4v) is 4.75. The molecule has 0 atom stereocenters. The zero-order chi connectivity index (χ0) is 38.1. The Bertz CT molecular complexity index is 753. The molecule has 13 heteroatoms. The minimum absolute atomic E-state index is 0.135. The van der Waals surface area contributed by atoms with E-state index >= 15 is 0 Å². The monoisotopic (exact) mass is 752 g/mol. The lowest BCUT2D eigenvalue weighted by molar-refractivity contribution is -0.145. The van der Waals surface area contributed by atoms with E-state index < -0.39 is 11.7 Å². The van der Waals surface area contributed by atoms with Crippen LogP contribution in [-0.2, 0) is 52.2 Å². The molecule has 52 heavy (non-hydrogen) atoms. The summed E-state index contributed by atoms with van der Waals surface area (Å²) in [6.45, 7) is 15.8. The van der Waals surface area contributed by atoms with Crippen LogP contribution in [0.5, 0.6) is 0 Å². The van der Waals surface area contributed by atoms with Gasteiger partial charge in [-0.15, -0.1) is 0 Å². The Morgan fingerprint density at radius 3 is 1.08 bits per heavy atom. The van der Waals surface area contributed by atoms with E-state index in [-0.39, 0.29) is 12.6 Å². The maximum Gasteiger partial charge on any atom is 0.407 e. The molecular formula is C39H77NO12. The number of carbonyl (C=O) groups excluding carboxylic acids is 2. The van der Waals surface area contributed by atoms with Crippen molar-refractivity contribution >= 4 is 12.1 Å². The fourth-order valence-electron chi connectivity index (χ4n) is 4.75. The van der Waals surface area contributed by atoms with E-state index in [1.807, 2.05) is 20.8 Å². The average molecular weight is 752 g/mol. The van der Waals surface area contributed by atoms with Crippen molar-refractivity contribution in [1.82, 2.24) is 5.32 Å². The van der Waals surface area contributed by atoms with Gasteiger partial charge in [-0.2, -0.15) is 0 Å². The minimum atomic E-state index is -0.513. The Balaban J connectivity index is 3.16. The predicted molar refractivity (Wildman–Crippen MR) is 202 cm³/mol. The predicted octanol–water partition coefficient (Wildman–Crippen LogP) is 6.67. The van der Waals surface area contributed by atoms with Gasteiger partial charge in [0, 0.05) is 13.0 Å². The lowest BCUT2D eigenvalue weighted by atomic mass is 10.0. The van der Waals surface area contributed by atoms with Crippen LogP contribution >= 0.6 is 0 Å². The zero-order valence-electron chi connectivity index (χ0n) is 33.5. The van der Waals surface area contributed by atoms with Gasteiger partial charge in [0.2, 0.25) is 0 Å². The number of rotatable bonds is 41. The molecule has 0 saturated heterocycles. The average Bonchev–Trinajstić information content (AvgIpc) is 3.10. The van der Waals surface area contributed by atoms with Gasteiger partial charge in [-0.3, -0.25) is 4.79 Å². The summed E-state index contributed by atoms with van der Waals surface area (Å²) in [5.41, 5.74) is -0.513. The molecule has 0 aromatic carbocycles. The number of amides is 1. The fraction of sp³-hybridized carbons (Fsp3) is 0.949. The van der Waals surface area contributed by atoms with Gasteiger partial charge in [0.15, 0.2) is 0 Å². The summed E-state index contributed by atoms with van der Waals surface area (Å²) in [6, 6.07) is 0. The number of carbonyl (C=O) groups is 2. The van der Waals surface area contributed by atoms with Crippen molar-refractivity contribution in [2.75, 3.05) is 119 Å². The topological polar surface area (TPSA) is 138 Å². The molecule has 0 aromatic rings. The molecule has 1 amide bonds. The Morgan fingerprint density at radius 1 is 0.423 bits per heavy atom. The SMILES string of the molecule is CCCCCCCCCCCCCCCC(=O)OCCOCCOCCOCCOCCOCCOCCOCCOCCNC(=O)OC(C)(C)C. The molecule has 0 aliphatic rings. The summed E-state index contributed by atoms with van der Waals surface area (Å²) in [5.74, 6) is -0.135. The van der Waals surface area contributed by atoms with Crippen LogP contribution in [0.2, 0.25) is 0 Å². The van der Waals surface area contributed by atoms with Crippen molar-refractivity contribution in [2.24, 2.45) is 0 Å². The highest BCUT2D eigenvalue weighted by molar-refractivity contribution is 5.69. The standard InChI is InChI=1S/C39H77NO12/c1-5-6-7-8-9-10-11-12-13-14-15-16-17-18-37(41)51-36-35-50-34-33-49-32-31-48-30-29-47-28-27-46-26-25-45-24-23-44-22-21-43-20-19-40-38(42)52-39(2,3)4/h5-36H2,1-4H3,(H,40,42). The first-order valence-electron chi connectivity index (χ1n) is 20.1. The molecule has 0 aliphatic heterocycles. The Morgan fingerprint density at radius 2 is 0.731 bits per heavy atom. The molecule has 0 spiro atoms. The summed E-state index contributed by atoms with van der Waals surface area (Å²) >= 11 is 0. The molecule has 1 N–H and O–H groups in total. The van der Waals surface area contributed by atoms with Crippen LogP contribution in [0, 0.1) is 0 Å². The second kappa shape index (κ2) is 40.6. The zero-order valence-corrected chi connectivity index (χ0v) is 33.5. The van der Waals surface area contributed by atoms with Crippen LogP contribution in [0.1, 0.15) is 118 Å². The van der Waals surface area contributed by atoms with Gasteiger partial charge in [-0.1, -0.05) is 84.0 Å². The van der Waals surface area contributed by atoms with Gasteiger partial charge < -0.3 is 52.7 Å². The van der Waals surface area contributed by atoms with Crippen molar-refractivity contribution in [3.8, 4) is 0 Å². The number of ether oxygens (including phenoxy) is 10. The molecule has 0 radical (unpaired) electrons. The third kappa shape index (κ3) is 44.6. The molecule has 0 bridgehead atoms. The Labute approximate surface area is 316 Å². The second-order valence-corrected chi connectivity index (χ2v) is 13.5. The first kappa shape index (κ1) is 50.4. The van der Waals surface area contributed by atoms with E-state index in [9.17, 15) is 9.59 Å². The lowest BCUT2D eigenvalue weighted by Gasteiger charge is -2.19. The van der Waals surface area contributed by atoms with Crippen LogP contribution in [0.3, 0.4) is 0 Å². The summed E-state index contributed by atoms with van der Waals surface area (Å²) in [6.07, 6.45) is 16.8. The number of hydrogen-bond donors (Lipinski definition) is 1. The van der Waals surface area contributed by atoms with E-state index in [1.54, 1.807) is 0 Å². The molecule has 13 nitrogen and oxygen atoms in total. The van der Waals surface area contributed by atoms with Crippen LogP contribution < -0.4 is 5.32 Å². The summed E-state index contributed by atoms with van der Waals surface area (Å²) in [4.78, 5) is 23.4. The molecule has 0 rings (SSSR count). The van der Waals surface area contributed by atoms with Crippen molar-refractivity contribution < 1.29 is 57.0 Å². The lowest BCUT2D eigenvalue weighted by Crippen LogP contribution is -2.34. The second-order valence-electron chi connectivity index (χ2n) is 13.5. The molecule has 0 aliphatic carbocycles. The summed E-state index contributed by atoms with van der Waals surface area (Å²) in [5, 5.41) is 2.63. The van der Waals surface area contributed by atoms with Gasteiger partial charge in [-0.05, 0) is 27.2 Å². The van der Waals surface area contributed by atoms with Crippen LogP contribution in [0.4, 0.5) is 4.79 Å². The molecule has 310 valence electrons. The number of unbranched alkanes of at least 4 members (excludes halogenated alkanes) is 12. The third-order valence-electron chi connectivity index (χ3n) is 7.49. The van der Waals surface area contributed by atoms with Crippen molar-refractivity contribution in [3.63, 3.8) is 0 Å². The largest absolute Gasteiger partial charge is 0.463 e. The summed E-state index contributed by atoms with van der Waals surface area (Å²) < 4.78 is 54.1. The molecule has 0 aromatic heterocycles. The maximum atomic E-state index is 11.9. The van der Waals surface area contributed by atoms with E-state index in [4.69, 9.17) is 47.4 Å². The maximum absolute atomic E-state index is 11.9. The number of esters is 1. The Kier molecular flexibility index (Phi) is 39.4. The van der Waals surface area contributed by atoms with Gasteiger partial charge >= 0.3 is 12.1 Å². The number of alkyl carbamates (subject to hydrolysis) is 1. The smallest absolute Gasteiger partial charge is 0.407 e. The van der Waals surface area contributed by atoms with Gasteiger partial charge in [0.05, 0.1) is 106 Å². The molecule has 0 fully saturated rings. The molecule has 0 heterocycles. The quantitative estimate of drug-likeness (QED) is 0.0528. The van der Waals surface area contributed by atoms with Gasteiger partial charge in [0.1, 0.15) is 12.2 Å². The third-order valence-corrected chi connectivity index (χ3v) is 7.49. The van der Waals surface area contributed by atoms with Crippen molar-refractivity contribution in [2.45, 2.75) is 123 Å². The summed E-state index contributed by atoms with van der Waals surface area (Å²) in [7, 11) is 0. The van der Waals surface area contributed by atoms with Crippen LogP contribution in [0.15, 0.2) is 0 Å². The van der Waals surface area contributed by atoms with Crippen molar-refractivity contribution in [1.29, 1.82) is 0 Å². The van der Waals surface area contributed by atoms with Crippen LogP contribution in [-0.4, -0.2) is 137 Å². The minimum Gasteiger partial charge on any atom is -0.463 e. The molecule has 0 unspecified atom stereocenters. The van der Waals surface area contributed by atoms with Gasteiger partial charge in [0.25, 0.3) is 0 Å². The normalized spacial score (nSPS) is 11.6. The Hall–Kier alpha value is -1.58. The highest BCUT2D eigenvalue weighted by atomic mass is 16.6. The first-order chi connectivity index (χ1) is 25.3. The van der Waals surface area contributed by atoms with Crippen molar-refractivity contribution in [3.05, 3.63) is 0 Å². The van der Waals surface area contributed by atoms with E-state index in [1.165, 1.54) is 70.6 Å². The van der Waals surface area contributed by atoms with E-state index in [0.29, 0.717) is 119 Å². The number of nitrogens with one attached hydrogen (secondary N) is 1. The van der Waals surface area contributed by atoms with E-state index in [2.05, 4.69) is 12.2 Å². The molecular weight excluding hydrogens is 674 g/mol.